The van der Waals surface area contributed by atoms with Crippen LogP contribution in [0.3, 0.4) is 0 Å². The fraction of sp³-hybridized carbons (Fsp3) is 0.250. The van der Waals surface area contributed by atoms with Crippen LogP contribution in [-0.2, 0) is 0 Å². The predicted molar refractivity (Wildman–Crippen MR) is 121 cm³/mol. The van der Waals surface area contributed by atoms with Gasteiger partial charge in [0.1, 0.15) is 0 Å². The number of amides is 1. The minimum atomic E-state index is -0.427. The number of aromatic nitrogens is 2. The van der Waals surface area contributed by atoms with Crippen molar-refractivity contribution < 1.29 is 9.53 Å². The quantitative estimate of drug-likeness (QED) is 0.474. The number of rotatable bonds is 3. The summed E-state index contributed by atoms with van der Waals surface area (Å²) in [5, 5.41) is 3.54. The van der Waals surface area contributed by atoms with Crippen LogP contribution in [-0.4, -0.2) is 60.3 Å². The first-order chi connectivity index (χ1) is 14.4. The van der Waals surface area contributed by atoms with E-state index in [1.54, 1.807) is 48.3 Å². The van der Waals surface area contributed by atoms with E-state index >= 15 is 0 Å². The molecule has 2 heterocycles. The molecule has 3 aromatic rings. The van der Waals surface area contributed by atoms with E-state index in [-0.39, 0.29) is 17.4 Å². The molecule has 1 amide bonds. The van der Waals surface area contributed by atoms with E-state index in [0.717, 1.165) is 24.9 Å². The Labute approximate surface area is 194 Å². The second-order valence-electron chi connectivity index (χ2n) is 6.74. The summed E-state index contributed by atoms with van der Waals surface area (Å²) in [5.41, 5.74) is 0.589. The van der Waals surface area contributed by atoms with Crippen molar-refractivity contribution in [3.63, 3.8) is 0 Å². The van der Waals surface area contributed by atoms with Gasteiger partial charge in [0.15, 0.2) is 0 Å². The van der Waals surface area contributed by atoms with Gasteiger partial charge in [-0.15, -0.1) is 0 Å². The van der Waals surface area contributed by atoms with E-state index in [0.29, 0.717) is 45.4 Å². The number of H-pyrrole nitrogens is 1. The summed E-state index contributed by atoms with van der Waals surface area (Å²) in [7, 11) is 1.77. The van der Waals surface area contributed by atoms with E-state index in [4.69, 9.17) is 27.9 Å². The van der Waals surface area contributed by atoms with Crippen molar-refractivity contribution in [3.05, 3.63) is 56.8 Å². The van der Waals surface area contributed by atoms with Gasteiger partial charge in [0.25, 0.3) is 0 Å². The van der Waals surface area contributed by atoms with E-state index in [2.05, 4.69) is 9.97 Å². The minimum absolute atomic E-state index is 0.215. The van der Waals surface area contributed by atoms with E-state index in [1.165, 1.54) is 5.32 Å². The zero-order valence-corrected chi connectivity index (χ0v) is 20.8. The Morgan fingerprint density at radius 2 is 1.97 bits per heavy atom. The van der Waals surface area contributed by atoms with Crippen molar-refractivity contribution in [1.29, 1.82) is 0 Å². The average molecular weight is 576 g/mol. The molecule has 0 radical (unpaired) electrons. The van der Waals surface area contributed by atoms with Crippen LogP contribution in [0.2, 0.25) is 20.7 Å². The topological polar surface area (TPSA) is 75.3 Å². The molecular formula is C20H17Cl2N3O3Se2. The fourth-order valence-electron chi connectivity index (χ4n) is 3.09. The van der Waals surface area contributed by atoms with Crippen LogP contribution in [0.15, 0.2) is 41.2 Å². The van der Waals surface area contributed by atoms with Crippen LogP contribution in [0.4, 0.5) is 4.79 Å². The molecule has 0 unspecified atom stereocenters. The zero-order chi connectivity index (χ0) is 21.3. The summed E-state index contributed by atoms with van der Waals surface area (Å²) in [6.07, 6.45) is 0.590. The molecule has 1 aromatic heterocycles. The molecule has 0 bridgehead atoms. The molecule has 1 aliphatic rings. The van der Waals surface area contributed by atoms with Crippen molar-refractivity contribution >= 4 is 66.5 Å². The van der Waals surface area contributed by atoms with Gasteiger partial charge in [-0.1, -0.05) is 11.6 Å². The molecule has 6 nitrogen and oxygen atoms in total. The Morgan fingerprint density at radius 1 is 1.20 bits per heavy atom. The molecule has 1 saturated heterocycles. The summed E-state index contributed by atoms with van der Waals surface area (Å²) in [6.45, 7) is 0. The molecule has 0 saturated carbocycles. The summed E-state index contributed by atoms with van der Waals surface area (Å²) in [5.74, 6) is 0.560. The Morgan fingerprint density at radius 3 is 2.73 bits per heavy atom. The van der Waals surface area contributed by atoms with Crippen molar-refractivity contribution in [3.8, 4) is 17.1 Å². The maximum absolute atomic E-state index is 12.8. The number of fused-ring (bicyclic) bond motifs is 1. The van der Waals surface area contributed by atoms with Crippen LogP contribution in [0.5, 0.6) is 5.75 Å². The number of hydrogen-bond donors (Lipinski definition) is 1. The summed E-state index contributed by atoms with van der Waals surface area (Å²) >= 11 is 13.5. The van der Waals surface area contributed by atoms with Crippen LogP contribution < -0.4 is 10.3 Å². The van der Waals surface area contributed by atoms with Gasteiger partial charge in [0.2, 0.25) is 0 Å². The molecule has 1 aliphatic heterocycles. The van der Waals surface area contributed by atoms with Crippen LogP contribution in [0, 0.1) is 0 Å². The first-order valence-electron chi connectivity index (χ1n) is 9.11. The van der Waals surface area contributed by atoms with Crippen LogP contribution in [0.1, 0.15) is 6.42 Å². The first-order valence-corrected chi connectivity index (χ1v) is 16.6. The number of nitrogens with one attached hydrogen (secondary N) is 1. The number of nitrogens with zero attached hydrogens (tertiary/aromatic N) is 2. The monoisotopic (exact) mass is 577 g/mol. The van der Waals surface area contributed by atoms with Gasteiger partial charge in [0, 0.05) is 5.02 Å². The van der Waals surface area contributed by atoms with Gasteiger partial charge in [-0.25, -0.2) is 0 Å². The van der Waals surface area contributed by atoms with Gasteiger partial charge in [-0.05, 0) is 0 Å². The van der Waals surface area contributed by atoms with Gasteiger partial charge in [0.05, 0.1) is 0 Å². The number of ether oxygens (including phenoxy) is 1. The molecule has 1 fully saturated rings. The fourth-order valence-corrected chi connectivity index (χ4v) is 10.9. The van der Waals surface area contributed by atoms with Gasteiger partial charge >= 0.3 is 178 Å². The van der Waals surface area contributed by atoms with Crippen LogP contribution in [0.25, 0.3) is 22.3 Å². The summed E-state index contributed by atoms with van der Waals surface area (Å²) < 4.78 is 5.70. The molecule has 0 aliphatic carbocycles. The second-order valence-corrected chi connectivity index (χ2v) is 15.3. The number of carbonyl (C=O) groups is 1. The summed E-state index contributed by atoms with van der Waals surface area (Å²) in [6, 6.07) is 9.99. The number of carbonyl (C=O) groups excluding carboxylic acids is 1. The van der Waals surface area contributed by atoms with Gasteiger partial charge in [-0.3, -0.25) is 0 Å². The van der Waals surface area contributed by atoms with E-state index in [9.17, 15) is 9.59 Å². The molecule has 156 valence electrons. The molecule has 1 atom stereocenters. The predicted octanol–water partition coefficient (Wildman–Crippen LogP) is 4.26. The zero-order valence-electron chi connectivity index (χ0n) is 15.9. The molecule has 10 heteroatoms. The van der Waals surface area contributed by atoms with Crippen molar-refractivity contribution in [2.24, 2.45) is 0 Å². The third kappa shape index (κ3) is 4.70. The molecule has 2 aromatic carbocycles. The standard InChI is InChI=1S/C20H17Cl2N3O3Se2/c1-25(13-6-7-29-30-10-13)20(27)28-17-5-3-12(22)9-15(17)18-23-16-4-2-11(21)8-14(16)19(26)24-18/h2-5,8-9,13H,6-7,10H2,1H3,(H,23,24,26)/t13-/m0/s1. The first kappa shape index (κ1) is 21.7. The maximum atomic E-state index is 12.8. The third-order valence-electron chi connectivity index (χ3n) is 4.78. The normalized spacial score (nSPS) is 16.4. The molecule has 1 N–H and O–H groups in total. The van der Waals surface area contributed by atoms with Crippen molar-refractivity contribution in [1.82, 2.24) is 14.9 Å². The molecule has 4 rings (SSSR count). The Hall–Kier alpha value is -1.53. The Balaban J connectivity index is 1.69. The number of benzene rings is 2. The molecule has 0 spiro atoms. The Bertz CT molecular complexity index is 1170. The number of hydrogen-bond acceptors (Lipinski definition) is 4. The van der Waals surface area contributed by atoms with Crippen molar-refractivity contribution in [2.75, 3.05) is 7.05 Å². The SMILES string of the molecule is CN(C(=O)Oc1ccc(Cl)cc1-c1nc2ccc(Cl)cc2c(=O)[nH]1)[C@H]1CC[Se][Se]C1. The van der Waals surface area contributed by atoms with Crippen LogP contribution >= 0.6 is 23.2 Å². The summed E-state index contributed by atoms with van der Waals surface area (Å²) in [4.78, 5) is 34.3. The number of aromatic amines is 1. The van der Waals surface area contributed by atoms with Crippen molar-refractivity contribution in [2.45, 2.75) is 23.1 Å². The van der Waals surface area contributed by atoms with Gasteiger partial charge in [-0.2, -0.15) is 0 Å². The second kappa shape index (κ2) is 9.31. The Kier molecular flexibility index (Phi) is 6.73. The number of halogens is 2. The molecular weight excluding hydrogens is 559 g/mol. The average Bonchev–Trinajstić information content (AvgIpc) is 2.75. The van der Waals surface area contributed by atoms with E-state index in [1.807, 2.05) is 0 Å². The third-order valence-corrected chi connectivity index (χ3v) is 12.6. The molecule has 30 heavy (non-hydrogen) atoms. The van der Waals surface area contributed by atoms with E-state index < -0.39 is 6.09 Å². The van der Waals surface area contributed by atoms with Gasteiger partial charge < -0.3 is 0 Å².